The van der Waals surface area contributed by atoms with Gasteiger partial charge in [0.1, 0.15) is 4.90 Å². The van der Waals surface area contributed by atoms with Crippen LogP contribution in [-0.2, 0) is 14.8 Å². The number of nitrogens with one attached hydrogen (secondary N) is 3. The van der Waals surface area contributed by atoms with Gasteiger partial charge in [0.25, 0.3) is 0 Å². The zero-order chi connectivity index (χ0) is 16.0. The lowest BCUT2D eigenvalue weighted by Gasteiger charge is -2.17. The first-order chi connectivity index (χ1) is 9.77. The SMILES string of the molecule is CCNc1ccncc1S(=O)(=O)NC(C)C(=O)NC(C)C. The first kappa shape index (κ1) is 17.4. The van der Waals surface area contributed by atoms with Gasteiger partial charge >= 0.3 is 0 Å². The molecule has 1 heterocycles. The molecule has 0 aromatic carbocycles. The molecule has 0 saturated heterocycles. The third-order valence-corrected chi connectivity index (χ3v) is 4.17. The normalized spacial score (nSPS) is 13.0. The van der Waals surface area contributed by atoms with Crippen molar-refractivity contribution < 1.29 is 13.2 Å². The van der Waals surface area contributed by atoms with Crippen LogP contribution in [0.4, 0.5) is 5.69 Å². The van der Waals surface area contributed by atoms with E-state index in [1.54, 1.807) is 6.07 Å². The largest absolute Gasteiger partial charge is 0.384 e. The molecule has 21 heavy (non-hydrogen) atoms. The summed E-state index contributed by atoms with van der Waals surface area (Å²) in [4.78, 5) is 15.7. The van der Waals surface area contributed by atoms with E-state index < -0.39 is 16.1 Å². The summed E-state index contributed by atoms with van der Waals surface area (Å²) in [6.07, 6.45) is 2.76. The number of carbonyl (C=O) groups excluding carboxylic acids is 1. The molecule has 1 unspecified atom stereocenters. The third-order valence-electron chi connectivity index (χ3n) is 2.60. The monoisotopic (exact) mass is 314 g/mol. The van der Waals surface area contributed by atoms with Crippen LogP contribution in [0.3, 0.4) is 0 Å². The second-order valence-electron chi connectivity index (χ2n) is 4.91. The van der Waals surface area contributed by atoms with Crippen LogP contribution >= 0.6 is 0 Å². The molecule has 0 aliphatic heterocycles. The number of hydrogen-bond acceptors (Lipinski definition) is 5. The molecule has 1 amide bonds. The average Bonchev–Trinajstić information content (AvgIpc) is 2.38. The van der Waals surface area contributed by atoms with E-state index >= 15 is 0 Å². The van der Waals surface area contributed by atoms with Gasteiger partial charge in [0, 0.05) is 25.0 Å². The van der Waals surface area contributed by atoms with Crippen molar-refractivity contribution in [2.24, 2.45) is 0 Å². The van der Waals surface area contributed by atoms with Crippen LogP contribution in [0.25, 0.3) is 0 Å². The molecule has 118 valence electrons. The Morgan fingerprint density at radius 2 is 2.00 bits per heavy atom. The number of nitrogens with zero attached hydrogens (tertiary/aromatic N) is 1. The second-order valence-corrected chi connectivity index (χ2v) is 6.59. The second kappa shape index (κ2) is 7.37. The zero-order valence-electron chi connectivity index (χ0n) is 12.7. The number of hydrogen-bond donors (Lipinski definition) is 3. The summed E-state index contributed by atoms with van der Waals surface area (Å²) in [7, 11) is -3.83. The fourth-order valence-electron chi connectivity index (χ4n) is 1.69. The lowest BCUT2D eigenvalue weighted by molar-refractivity contribution is -0.122. The van der Waals surface area contributed by atoms with Gasteiger partial charge in [-0.15, -0.1) is 0 Å². The predicted molar refractivity (Wildman–Crippen MR) is 81.5 cm³/mol. The van der Waals surface area contributed by atoms with Crippen molar-refractivity contribution in [1.82, 2.24) is 15.0 Å². The number of carbonyl (C=O) groups is 1. The lowest BCUT2D eigenvalue weighted by atomic mass is 10.3. The van der Waals surface area contributed by atoms with Crippen LogP contribution < -0.4 is 15.4 Å². The third kappa shape index (κ3) is 4.98. The number of anilines is 1. The topological polar surface area (TPSA) is 100 Å². The molecule has 0 aliphatic rings. The Balaban J connectivity index is 2.94. The fraction of sp³-hybridized carbons (Fsp3) is 0.538. The van der Waals surface area contributed by atoms with Crippen LogP contribution in [0.5, 0.6) is 0 Å². The highest BCUT2D eigenvalue weighted by molar-refractivity contribution is 7.89. The quantitative estimate of drug-likeness (QED) is 0.688. The Labute approximate surface area is 125 Å². The van der Waals surface area contributed by atoms with Gasteiger partial charge in [-0.2, -0.15) is 4.72 Å². The highest BCUT2D eigenvalue weighted by atomic mass is 32.2. The zero-order valence-corrected chi connectivity index (χ0v) is 13.5. The average molecular weight is 314 g/mol. The molecular weight excluding hydrogens is 292 g/mol. The molecule has 0 radical (unpaired) electrons. The van der Waals surface area contributed by atoms with E-state index in [2.05, 4.69) is 20.3 Å². The summed E-state index contributed by atoms with van der Waals surface area (Å²) in [5.41, 5.74) is 0.455. The first-order valence-corrected chi connectivity index (χ1v) is 8.26. The van der Waals surface area contributed by atoms with Gasteiger partial charge in [0.05, 0.1) is 11.7 Å². The lowest BCUT2D eigenvalue weighted by Crippen LogP contribution is -2.46. The molecule has 0 spiro atoms. The maximum absolute atomic E-state index is 12.4. The van der Waals surface area contributed by atoms with E-state index in [0.29, 0.717) is 12.2 Å². The van der Waals surface area contributed by atoms with E-state index in [9.17, 15) is 13.2 Å². The Morgan fingerprint density at radius 3 is 2.57 bits per heavy atom. The maximum Gasteiger partial charge on any atom is 0.244 e. The van der Waals surface area contributed by atoms with Gasteiger partial charge in [-0.25, -0.2) is 8.42 Å². The highest BCUT2D eigenvalue weighted by Gasteiger charge is 2.24. The van der Waals surface area contributed by atoms with Crippen molar-refractivity contribution in [3.63, 3.8) is 0 Å². The Kier molecular flexibility index (Phi) is 6.10. The van der Waals surface area contributed by atoms with E-state index in [-0.39, 0.29) is 16.8 Å². The Morgan fingerprint density at radius 1 is 1.33 bits per heavy atom. The summed E-state index contributed by atoms with van der Waals surface area (Å²) in [6.45, 7) is 7.56. The van der Waals surface area contributed by atoms with Crippen molar-refractivity contribution >= 4 is 21.6 Å². The van der Waals surface area contributed by atoms with Gasteiger partial charge < -0.3 is 10.6 Å². The number of sulfonamides is 1. The summed E-state index contributed by atoms with van der Waals surface area (Å²) in [5, 5.41) is 5.62. The maximum atomic E-state index is 12.4. The summed E-state index contributed by atoms with van der Waals surface area (Å²) < 4.78 is 27.1. The molecule has 1 atom stereocenters. The van der Waals surface area contributed by atoms with E-state index in [0.717, 1.165) is 0 Å². The first-order valence-electron chi connectivity index (χ1n) is 6.78. The highest BCUT2D eigenvalue weighted by Crippen LogP contribution is 2.19. The van der Waals surface area contributed by atoms with Gasteiger partial charge in [-0.3, -0.25) is 9.78 Å². The molecule has 0 fully saturated rings. The van der Waals surface area contributed by atoms with Crippen molar-refractivity contribution in [3.05, 3.63) is 18.5 Å². The van der Waals surface area contributed by atoms with Crippen molar-refractivity contribution in [1.29, 1.82) is 0 Å². The van der Waals surface area contributed by atoms with Gasteiger partial charge in [-0.05, 0) is 33.8 Å². The minimum Gasteiger partial charge on any atom is -0.384 e. The van der Waals surface area contributed by atoms with Crippen molar-refractivity contribution in [3.8, 4) is 0 Å². The van der Waals surface area contributed by atoms with Gasteiger partial charge in [0.2, 0.25) is 15.9 Å². The number of amides is 1. The Bertz CT molecular complexity index is 587. The molecule has 1 aromatic rings. The summed E-state index contributed by atoms with van der Waals surface area (Å²) >= 11 is 0. The molecular formula is C13H22N4O3S. The molecule has 1 rings (SSSR count). The van der Waals surface area contributed by atoms with Crippen LogP contribution in [0.15, 0.2) is 23.4 Å². The molecule has 7 nitrogen and oxygen atoms in total. The van der Waals surface area contributed by atoms with Crippen LogP contribution in [0.2, 0.25) is 0 Å². The van der Waals surface area contributed by atoms with Crippen molar-refractivity contribution in [2.75, 3.05) is 11.9 Å². The molecule has 0 aliphatic carbocycles. The summed E-state index contributed by atoms with van der Waals surface area (Å²) in [5.74, 6) is -0.373. The van der Waals surface area contributed by atoms with E-state index in [1.807, 2.05) is 20.8 Å². The number of aromatic nitrogens is 1. The molecule has 3 N–H and O–H groups in total. The molecule has 1 aromatic heterocycles. The minimum atomic E-state index is -3.83. The molecule has 0 saturated carbocycles. The standard InChI is InChI=1S/C13H22N4O3S/c1-5-15-11-6-7-14-8-12(11)21(19,20)17-10(4)13(18)16-9(2)3/h6-10,17H,5H2,1-4H3,(H,14,15)(H,16,18). The van der Waals surface area contributed by atoms with E-state index in [1.165, 1.54) is 19.3 Å². The van der Waals surface area contributed by atoms with Gasteiger partial charge in [-0.1, -0.05) is 0 Å². The summed E-state index contributed by atoms with van der Waals surface area (Å²) in [6, 6.07) is 0.656. The molecule has 0 bridgehead atoms. The molecule has 8 heteroatoms. The minimum absolute atomic E-state index is 0.0241. The van der Waals surface area contributed by atoms with Crippen LogP contribution in [-0.4, -0.2) is 37.9 Å². The van der Waals surface area contributed by atoms with Crippen molar-refractivity contribution in [2.45, 2.75) is 44.7 Å². The van der Waals surface area contributed by atoms with Gasteiger partial charge in [0.15, 0.2) is 0 Å². The van der Waals surface area contributed by atoms with Crippen LogP contribution in [0.1, 0.15) is 27.7 Å². The Hall–Kier alpha value is -1.67. The predicted octanol–water partition coefficient (Wildman–Crippen LogP) is 0.705. The van der Waals surface area contributed by atoms with Crippen LogP contribution in [0, 0.1) is 0 Å². The number of rotatable bonds is 7. The van der Waals surface area contributed by atoms with E-state index in [4.69, 9.17) is 0 Å². The smallest absolute Gasteiger partial charge is 0.244 e. The number of pyridine rings is 1. The fourth-order valence-corrected chi connectivity index (χ4v) is 3.02.